The van der Waals surface area contributed by atoms with Gasteiger partial charge in [-0.3, -0.25) is 4.79 Å². The van der Waals surface area contributed by atoms with Crippen molar-refractivity contribution in [3.63, 3.8) is 0 Å². The second-order valence-corrected chi connectivity index (χ2v) is 9.91. The first-order valence-corrected chi connectivity index (χ1v) is 12.0. The van der Waals surface area contributed by atoms with Crippen molar-refractivity contribution in [3.05, 3.63) is 54.1 Å². The van der Waals surface area contributed by atoms with E-state index in [1.165, 1.54) is 4.31 Å². The van der Waals surface area contributed by atoms with Gasteiger partial charge >= 0.3 is 0 Å². The third kappa shape index (κ3) is 5.61. The molecule has 0 spiro atoms. The lowest BCUT2D eigenvalue weighted by molar-refractivity contribution is 0.102. The van der Waals surface area contributed by atoms with Crippen LogP contribution in [0.25, 0.3) is 0 Å². The number of nitrogens with zero attached hydrogens (tertiary/aromatic N) is 1. The van der Waals surface area contributed by atoms with E-state index in [0.717, 1.165) is 25.7 Å². The van der Waals surface area contributed by atoms with Gasteiger partial charge in [0.25, 0.3) is 5.91 Å². The van der Waals surface area contributed by atoms with E-state index in [-0.39, 0.29) is 10.8 Å². The minimum absolute atomic E-state index is 0.250. The Bertz CT molecular complexity index is 949. The van der Waals surface area contributed by atoms with Crippen LogP contribution in [0.4, 0.5) is 5.69 Å². The molecule has 162 valence electrons. The van der Waals surface area contributed by atoms with E-state index in [2.05, 4.69) is 19.2 Å². The Hall–Kier alpha value is -2.38. The van der Waals surface area contributed by atoms with E-state index in [4.69, 9.17) is 4.74 Å². The highest BCUT2D eigenvalue weighted by Crippen LogP contribution is 2.24. The smallest absolute Gasteiger partial charge is 0.259 e. The molecule has 2 aromatic rings. The molecule has 3 rings (SSSR count). The first-order valence-electron chi connectivity index (χ1n) is 10.5. The monoisotopic (exact) mass is 430 g/mol. The van der Waals surface area contributed by atoms with E-state index in [1.807, 2.05) is 6.07 Å². The zero-order valence-corrected chi connectivity index (χ0v) is 18.5. The molecule has 0 bridgehead atoms. The van der Waals surface area contributed by atoms with Crippen molar-refractivity contribution in [1.29, 1.82) is 0 Å². The van der Waals surface area contributed by atoms with Crippen LogP contribution in [0, 0.1) is 5.92 Å². The van der Waals surface area contributed by atoms with E-state index in [0.29, 0.717) is 42.6 Å². The Labute approximate surface area is 179 Å². The second kappa shape index (κ2) is 10.1. The molecule has 30 heavy (non-hydrogen) atoms. The molecule has 0 aliphatic carbocycles. The van der Waals surface area contributed by atoms with E-state index < -0.39 is 10.0 Å². The van der Waals surface area contributed by atoms with Crippen LogP contribution in [0.1, 0.15) is 49.9 Å². The van der Waals surface area contributed by atoms with Gasteiger partial charge in [0, 0.05) is 18.8 Å². The zero-order valence-electron chi connectivity index (χ0n) is 17.6. The molecule has 1 aliphatic heterocycles. The molecule has 1 amide bonds. The van der Waals surface area contributed by atoms with Crippen LogP contribution in [0.2, 0.25) is 0 Å². The number of hydrogen-bond acceptors (Lipinski definition) is 4. The van der Waals surface area contributed by atoms with Crippen LogP contribution < -0.4 is 10.1 Å². The molecule has 7 heteroatoms. The van der Waals surface area contributed by atoms with Crippen molar-refractivity contribution in [2.75, 3.05) is 25.0 Å². The van der Waals surface area contributed by atoms with E-state index in [1.54, 1.807) is 42.5 Å². The van der Waals surface area contributed by atoms with Crippen molar-refractivity contribution in [1.82, 2.24) is 4.31 Å². The lowest BCUT2D eigenvalue weighted by Gasteiger charge is -2.25. The Balaban J connectivity index is 1.68. The number of sulfonamides is 1. The SMILES string of the molecule is CC(C)CCOc1ccccc1C(=O)Nc1ccc(S(=O)(=O)N2CCCCC2)cc1. The van der Waals surface area contributed by atoms with Crippen LogP contribution in [0.15, 0.2) is 53.4 Å². The predicted molar refractivity (Wildman–Crippen MR) is 118 cm³/mol. The van der Waals surface area contributed by atoms with Gasteiger partial charge < -0.3 is 10.1 Å². The molecule has 0 radical (unpaired) electrons. The first kappa shape index (κ1) is 22.3. The molecule has 6 nitrogen and oxygen atoms in total. The Morgan fingerprint density at radius 1 is 1.03 bits per heavy atom. The number of carbonyl (C=O) groups excluding carboxylic acids is 1. The molecule has 1 heterocycles. The van der Waals surface area contributed by atoms with Gasteiger partial charge in [0.2, 0.25) is 10.0 Å². The van der Waals surface area contributed by atoms with Gasteiger partial charge in [-0.05, 0) is 61.6 Å². The topological polar surface area (TPSA) is 75.7 Å². The highest BCUT2D eigenvalue weighted by atomic mass is 32.2. The number of rotatable bonds is 8. The fourth-order valence-corrected chi connectivity index (χ4v) is 4.86. The molecule has 1 saturated heterocycles. The van der Waals surface area contributed by atoms with Crippen molar-refractivity contribution in [3.8, 4) is 5.75 Å². The molecule has 0 aromatic heterocycles. The fraction of sp³-hybridized carbons (Fsp3) is 0.435. The maximum Gasteiger partial charge on any atom is 0.259 e. The van der Waals surface area contributed by atoms with Crippen LogP contribution in [-0.2, 0) is 10.0 Å². The average Bonchev–Trinajstić information content (AvgIpc) is 2.75. The van der Waals surface area contributed by atoms with Crippen molar-refractivity contribution in [2.24, 2.45) is 5.92 Å². The van der Waals surface area contributed by atoms with Crippen LogP contribution >= 0.6 is 0 Å². The minimum atomic E-state index is -3.48. The van der Waals surface area contributed by atoms with Gasteiger partial charge in [-0.1, -0.05) is 32.4 Å². The van der Waals surface area contributed by atoms with Gasteiger partial charge in [-0.15, -0.1) is 0 Å². The van der Waals surface area contributed by atoms with E-state index in [9.17, 15) is 13.2 Å². The number of piperidine rings is 1. The molecule has 1 N–H and O–H groups in total. The summed E-state index contributed by atoms with van der Waals surface area (Å²) < 4.78 is 32.8. The summed E-state index contributed by atoms with van der Waals surface area (Å²) in [6.07, 6.45) is 3.76. The van der Waals surface area contributed by atoms with Crippen LogP contribution in [0.5, 0.6) is 5.75 Å². The van der Waals surface area contributed by atoms with Gasteiger partial charge in [0.05, 0.1) is 17.1 Å². The fourth-order valence-electron chi connectivity index (χ4n) is 3.35. The highest BCUT2D eigenvalue weighted by molar-refractivity contribution is 7.89. The molecular weight excluding hydrogens is 400 g/mol. The standard InChI is InChI=1S/C23H30N2O4S/c1-18(2)14-17-29-22-9-5-4-8-21(22)23(26)24-19-10-12-20(13-11-19)30(27,28)25-15-6-3-7-16-25/h4-5,8-13,18H,3,6-7,14-17H2,1-2H3,(H,24,26). The largest absolute Gasteiger partial charge is 0.493 e. The Kier molecular flexibility index (Phi) is 7.50. The number of anilines is 1. The summed E-state index contributed by atoms with van der Waals surface area (Å²) in [5.41, 5.74) is 0.987. The van der Waals surface area contributed by atoms with Gasteiger partial charge in [-0.2, -0.15) is 4.31 Å². The number of nitrogens with one attached hydrogen (secondary N) is 1. The Morgan fingerprint density at radius 2 is 1.70 bits per heavy atom. The number of para-hydroxylation sites is 1. The predicted octanol–water partition coefficient (Wildman–Crippen LogP) is 4.54. The van der Waals surface area contributed by atoms with Crippen molar-refractivity contribution < 1.29 is 17.9 Å². The average molecular weight is 431 g/mol. The maximum absolute atomic E-state index is 12.8. The summed E-state index contributed by atoms with van der Waals surface area (Å²) in [5.74, 6) is 0.771. The first-order chi connectivity index (χ1) is 14.4. The summed E-state index contributed by atoms with van der Waals surface area (Å²) in [6, 6.07) is 13.5. The summed E-state index contributed by atoms with van der Waals surface area (Å²) in [6.45, 7) is 5.92. The maximum atomic E-state index is 12.8. The summed E-state index contributed by atoms with van der Waals surface area (Å²) in [5, 5.41) is 2.83. The van der Waals surface area contributed by atoms with Crippen molar-refractivity contribution in [2.45, 2.75) is 44.4 Å². The van der Waals surface area contributed by atoms with E-state index >= 15 is 0 Å². The number of carbonyl (C=O) groups is 1. The van der Waals surface area contributed by atoms with Crippen LogP contribution in [-0.4, -0.2) is 38.3 Å². The minimum Gasteiger partial charge on any atom is -0.493 e. The normalized spacial score (nSPS) is 15.2. The van der Waals surface area contributed by atoms with Crippen LogP contribution in [0.3, 0.4) is 0 Å². The number of amides is 1. The molecule has 1 aliphatic rings. The zero-order chi connectivity index (χ0) is 21.6. The summed E-state index contributed by atoms with van der Waals surface area (Å²) in [7, 11) is -3.48. The third-order valence-corrected chi connectivity index (χ3v) is 7.06. The number of benzene rings is 2. The molecule has 0 atom stereocenters. The van der Waals surface area contributed by atoms with Gasteiger partial charge in [0.1, 0.15) is 5.75 Å². The molecule has 0 saturated carbocycles. The second-order valence-electron chi connectivity index (χ2n) is 7.97. The van der Waals surface area contributed by atoms with Gasteiger partial charge in [-0.25, -0.2) is 8.42 Å². The molecular formula is C23H30N2O4S. The number of ether oxygens (including phenoxy) is 1. The van der Waals surface area contributed by atoms with Crippen molar-refractivity contribution >= 4 is 21.6 Å². The number of hydrogen-bond donors (Lipinski definition) is 1. The Morgan fingerprint density at radius 3 is 2.37 bits per heavy atom. The quantitative estimate of drug-likeness (QED) is 0.667. The summed E-state index contributed by atoms with van der Waals surface area (Å²) >= 11 is 0. The third-order valence-electron chi connectivity index (χ3n) is 5.15. The lowest BCUT2D eigenvalue weighted by Crippen LogP contribution is -2.35. The molecule has 1 fully saturated rings. The molecule has 2 aromatic carbocycles. The highest BCUT2D eigenvalue weighted by Gasteiger charge is 2.25. The molecule has 0 unspecified atom stereocenters. The summed E-state index contributed by atoms with van der Waals surface area (Å²) in [4.78, 5) is 13.0. The lowest BCUT2D eigenvalue weighted by atomic mass is 10.1. The van der Waals surface area contributed by atoms with Gasteiger partial charge in [0.15, 0.2) is 0 Å².